The molecule has 2 aliphatic heterocycles. The van der Waals surface area contributed by atoms with Crippen LogP contribution in [0.5, 0.6) is 0 Å². The van der Waals surface area contributed by atoms with Gasteiger partial charge >= 0.3 is 0 Å². The molecule has 0 bridgehead atoms. The van der Waals surface area contributed by atoms with E-state index in [1.54, 1.807) is 11.3 Å². The van der Waals surface area contributed by atoms with Crippen LogP contribution in [0.1, 0.15) is 73.9 Å². The van der Waals surface area contributed by atoms with E-state index in [9.17, 15) is 18.5 Å². The van der Waals surface area contributed by atoms with E-state index < -0.39 is 15.4 Å². The van der Waals surface area contributed by atoms with Crippen LogP contribution < -0.4 is 10.2 Å². The first-order valence-electron chi connectivity index (χ1n) is 14.2. The summed E-state index contributed by atoms with van der Waals surface area (Å²) in [4.78, 5) is 22.0. The molecule has 1 unspecified atom stereocenters. The quantitative estimate of drug-likeness (QED) is 0.550. The molecular formula is C29H36N4O4S2. The average molecular weight is 569 g/mol. The fourth-order valence-electron chi connectivity index (χ4n) is 6.20. The maximum Gasteiger partial charge on any atom is 0.225 e. The van der Waals surface area contributed by atoms with Gasteiger partial charge in [-0.2, -0.15) is 5.26 Å². The van der Waals surface area contributed by atoms with E-state index in [1.807, 2.05) is 0 Å². The molecule has 2 aromatic rings. The number of aromatic nitrogens is 1. The molecule has 2 saturated heterocycles. The summed E-state index contributed by atoms with van der Waals surface area (Å²) in [6.45, 7) is 2.51. The van der Waals surface area contributed by atoms with Crippen LogP contribution >= 0.6 is 11.3 Å². The maximum absolute atomic E-state index is 13.5. The predicted molar refractivity (Wildman–Crippen MR) is 152 cm³/mol. The Hall–Kier alpha value is -2.48. The van der Waals surface area contributed by atoms with Crippen LogP contribution in [0.15, 0.2) is 24.3 Å². The summed E-state index contributed by atoms with van der Waals surface area (Å²) in [6.07, 6.45) is 7.35. The second-order valence-electron chi connectivity index (χ2n) is 11.5. The minimum absolute atomic E-state index is 0.00403. The van der Waals surface area contributed by atoms with E-state index in [-0.39, 0.29) is 35.2 Å². The van der Waals surface area contributed by atoms with E-state index in [1.165, 1.54) is 0 Å². The van der Waals surface area contributed by atoms with Crippen LogP contribution in [0.2, 0.25) is 0 Å². The van der Waals surface area contributed by atoms with E-state index >= 15 is 0 Å². The third-order valence-corrected chi connectivity index (χ3v) is 11.7. The zero-order chi connectivity index (χ0) is 27.0. The Morgan fingerprint density at radius 1 is 1.10 bits per heavy atom. The van der Waals surface area contributed by atoms with Crippen LogP contribution in [-0.4, -0.2) is 62.7 Å². The Morgan fingerprint density at radius 3 is 2.51 bits per heavy atom. The normalized spacial score (nSPS) is 27.9. The van der Waals surface area contributed by atoms with Crippen molar-refractivity contribution in [3.8, 4) is 16.5 Å². The summed E-state index contributed by atoms with van der Waals surface area (Å²) in [6, 6.07) is 10.7. The molecule has 39 heavy (non-hydrogen) atoms. The first kappa shape index (κ1) is 26.7. The van der Waals surface area contributed by atoms with Crippen molar-refractivity contribution in [1.82, 2.24) is 10.3 Å². The van der Waals surface area contributed by atoms with Crippen LogP contribution in [0, 0.1) is 17.2 Å². The van der Waals surface area contributed by atoms with Crippen LogP contribution in [0.3, 0.4) is 0 Å². The Bertz CT molecular complexity index is 1340. The number of nitrogens with zero attached hydrogens (tertiary/aromatic N) is 3. The van der Waals surface area contributed by atoms with Crippen molar-refractivity contribution in [2.45, 2.75) is 68.7 Å². The number of carbonyl (C=O) groups is 1. The van der Waals surface area contributed by atoms with E-state index in [0.717, 1.165) is 84.8 Å². The minimum Gasteiger partial charge on any atom is -0.381 e. The molecule has 8 nitrogen and oxygen atoms in total. The standard InChI is InChI=1S/C29H36N4O4S2/c30-19-29(11-12-29)32-27(34)24-6-2-1-5-23(24)25-26(38-28(31-25)21-4-3-15-37-18-21)20-7-9-22(10-8-20)33-13-16-39(35,36)17-14-33/h7-10,21,23-24H,1-6,11-18H2,(H,32,34)/t21?,23-,24-/m1/s1. The predicted octanol–water partition coefficient (Wildman–Crippen LogP) is 4.39. The van der Waals surface area contributed by atoms with Gasteiger partial charge in [0.25, 0.3) is 0 Å². The van der Waals surface area contributed by atoms with Crippen molar-refractivity contribution in [3.05, 3.63) is 35.0 Å². The molecule has 0 spiro atoms. The zero-order valence-electron chi connectivity index (χ0n) is 22.2. The first-order chi connectivity index (χ1) is 18.9. The number of hydrogen-bond acceptors (Lipinski definition) is 8. The highest BCUT2D eigenvalue weighted by atomic mass is 32.2. The SMILES string of the molecule is N#CC1(NC(=O)[C@@H]2CCCC[C@H]2c2nc(C3CCCOC3)sc2-c2ccc(N3CCS(=O)(=O)CC3)cc2)CC1. The summed E-state index contributed by atoms with van der Waals surface area (Å²) < 4.78 is 29.5. The molecule has 1 aromatic heterocycles. The summed E-state index contributed by atoms with van der Waals surface area (Å²) >= 11 is 1.73. The van der Waals surface area contributed by atoms with E-state index in [2.05, 4.69) is 40.6 Å². The summed E-state index contributed by atoms with van der Waals surface area (Å²) in [5.74, 6) is 0.489. The molecule has 208 valence electrons. The van der Waals surface area contributed by atoms with Gasteiger partial charge in [0.1, 0.15) is 5.54 Å². The van der Waals surface area contributed by atoms with Crippen molar-refractivity contribution in [2.24, 2.45) is 5.92 Å². The van der Waals surface area contributed by atoms with Gasteiger partial charge in [-0.05, 0) is 56.2 Å². The lowest BCUT2D eigenvalue weighted by Crippen LogP contribution is -2.42. The lowest BCUT2D eigenvalue weighted by Gasteiger charge is -2.31. The first-order valence-corrected chi connectivity index (χ1v) is 16.9. The summed E-state index contributed by atoms with van der Waals surface area (Å²) in [7, 11) is -2.93. The molecule has 1 aromatic carbocycles. The Balaban J connectivity index is 1.31. The number of benzene rings is 1. The van der Waals surface area contributed by atoms with Gasteiger partial charge in [-0.3, -0.25) is 4.79 Å². The Morgan fingerprint density at radius 2 is 1.85 bits per heavy atom. The second-order valence-corrected chi connectivity index (χ2v) is 14.9. The third kappa shape index (κ3) is 5.72. The highest BCUT2D eigenvalue weighted by molar-refractivity contribution is 7.91. The number of hydrogen-bond donors (Lipinski definition) is 1. The fourth-order valence-corrected chi connectivity index (χ4v) is 8.66. The van der Waals surface area contributed by atoms with Gasteiger partial charge in [0, 0.05) is 43.1 Å². The molecule has 10 heteroatoms. The van der Waals surface area contributed by atoms with Gasteiger partial charge in [-0.1, -0.05) is 25.0 Å². The molecule has 3 atom stereocenters. The Labute approximate surface area is 234 Å². The molecule has 2 saturated carbocycles. The zero-order valence-corrected chi connectivity index (χ0v) is 23.9. The molecule has 1 N–H and O–H groups in total. The van der Waals surface area contributed by atoms with Crippen LogP contribution in [-0.2, 0) is 19.4 Å². The molecule has 1 amide bonds. The summed E-state index contributed by atoms with van der Waals surface area (Å²) in [5.41, 5.74) is 2.46. The summed E-state index contributed by atoms with van der Waals surface area (Å²) in [5, 5.41) is 13.7. The molecule has 4 aliphatic rings. The molecule has 6 rings (SSSR count). The molecule has 4 fully saturated rings. The lowest BCUT2D eigenvalue weighted by atomic mass is 9.76. The van der Waals surface area contributed by atoms with Crippen molar-refractivity contribution in [3.63, 3.8) is 0 Å². The van der Waals surface area contributed by atoms with Gasteiger partial charge in [-0.25, -0.2) is 13.4 Å². The van der Waals surface area contributed by atoms with Gasteiger partial charge < -0.3 is 15.0 Å². The van der Waals surface area contributed by atoms with Gasteiger partial charge in [0.2, 0.25) is 5.91 Å². The van der Waals surface area contributed by atoms with Crippen LogP contribution in [0.4, 0.5) is 5.69 Å². The number of sulfone groups is 1. The van der Waals surface area contributed by atoms with Gasteiger partial charge in [-0.15, -0.1) is 11.3 Å². The number of nitrogens with one attached hydrogen (secondary N) is 1. The Kier molecular flexibility index (Phi) is 7.42. The average Bonchev–Trinajstić information content (AvgIpc) is 3.60. The molecule has 3 heterocycles. The molecular weight excluding hydrogens is 532 g/mol. The second kappa shape index (κ2) is 10.8. The number of amides is 1. The number of ether oxygens (including phenoxy) is 1. The van der Waals surface area contributed by atoms with Gasteiger partial charge in [0.05, 0.1) is 39.8 Å². The highest BCUT2D eigenvalue weighted by Gasteiger charge is 2.47. The number of rotatable bonds is 6. The largest absolute Gasteiger partial charge is 0.381 e. The van der Waals surface area contributed by atoms with Crippen molar-refractivity contribution in [2.75, 3.05) is 42.7 Å². The number of nitriles is 1. The minimum atomic E-state index is -2.93. The van der Waals surface area contributed by atoms with Crippen LogP contribution in [0.25, 0.3) is 10.4 Å². The topological polar surface area (TPSA) is 112 Å². The number of anilines is 1. The maximum atomic E-state index is 13.5. The lowest BCUT2D eigenvalue weighted by molar-refractivity contribution is -0.127. The van der Waals surface area contributed by atoms with Crippen molar-refractivity contribution < 1.29 is 17.9 Å². The molecule has 0 radical (unpaired) electrons. The van der Waals surface area contributed by atoms with E-state index in [0.29, 0.717) is 19.7 Å². The van der Waals surface area contributed by atoms with E-state index in [4.69, 9.17) is 9.72 Å². The number of thiazole rings is 1. The highest BCUT2D eigenvalue weighted by Crippen LogP contribution is 2.46. The smallest absolute Gasteiger partial charge is 0.225 e. The molecule has 2 aliphatic carbocycles. The van der Waals surface area contributed by atoms with Crippen molar-refractivity contribution in [1.29, 1.82) is 5.26 Å². The monoisotopic (exact) mass is 568 g/mol. The van der Waals surface area contributed by atoms with Gasteiger partial charge in [0.15, 0.2) is 9.84 Å². The third-order valence-electron chi connectivity index (χ3n) is 8.80. The number of carbonyl (C=O) groups excluding carboxylic acids is 1. The van der Waals surface area contributed by atoms with Crippen molar-refractivity contribution >= 4 is 32.8 Å². The fraction of sp³-hybridized carbons (Fsp3) is 0.621.